The number of hydrogen-bond donors (Lipinski definition) is 1. The molecule has 0 unspecified atom stereocenters. The van der Waals surface area contributed by atoms with Crippen molar-refractivity contribution in [1.29, 1.82) is 0 Å². The average Bonchev–Trinajstić information content (AvgIpc) is 3.09. The molecular formula is C20H24N2S. The van der Waals surface area contributed by atoms with Crippen molar-refractivity contribution in [1.82, 2.24) is 4.90 Å². The van der Waals surface area contributed by atoms with E-state index in [1.165, 1.54) is 36.8 Å². The first-order chi connectivity index (χ1) is 11.2. The van der Waals surface area contributed by atoms with Crippen molar-refractivity contribution in [3.05, 3.63) is 65.7 Å². The summed E-state index contributed by atoms with van der Waals surface area (Å²) in [5.74, 6) is 0. The number of benzene rings is 2. The van der Waals surface area contributed by atoms with Crippen LogP contribution in [0.4, 0.5) is 5.69 Å². The molecule has 1 aliphatic carbocycles. The summed E-state index contributed by atoms with van der Waals surface area (Å²) < 4.78 is 0. The van der Waals surface area contributed by atoms with E-state index in [1.807, 2.05) is 18.2 Å². The van der Waals surface area contributed by atoms with Gasteiger partial charge in [0, 0.05) is 18.3 Å². The van der Waals surface area contributed by atoms with E-state index >= 15 is 0 Å². The first-order valence-electron chi connectivity index (χ1n) is 8.40. The topological polar surface area (TPSA) is 15.3 Å². The van der Waals surface area contributed by atoms with Crippen molar-refractivity contribution in [2.24, 2.45) is 0 Å². The number of aryl methyl sites for hydroxylation is 1. The summed E-state index contributed by atoms with van der Waals surface area (Å²) in [5, 5.41) is 4.24. The van der Waals surface area contributed by atoms with Gasteiger partial charge in [-0.2, -0.15) is 0 Å². The second-order valence-corrected chi connectivity index (χ2v) is 6.73. The normalized spacial score (nSPS) is 14.7. The fourth-order valence-corrected chi connectivity index (χ4v) is 3.52. The van der Waals surface area contributed by atoms with Crippen molar-refractivity contribution in [2.45, 2.75) is 45.2 Å². The van der Waals surface area contributed by atoms with Crippen LogP contribution in [-0.2, 0) is 6.54 Å². The molecule has 120 valence electrons. The molecule has 0 bridgehead atoms. The van der Waals surface area contributed by atoms with Crippen LogP contribution in [0.5, 0.6) is 0 Å². The Morgan fingerprint density at radius 1 is 1.04 bits per heavy atom. The van der Waals surface area contributed by atoms with Crippen molar-refractivity contribution in [3.8, 4) is 0 Å². The van der Waals surface area contributed by atoms with E-state index in [4.69, 9.17) is 12.2 Å². The Bertz CT molecular complexity index is 630. The van der Waals surface area contributed by atoms with Crippen LogP contribution in [0, 0.1) is 6.92 Å². The zero-order valence-electron chi connectivity index (χ0n) is 13.7. The molecule has 3 heteroatoms. The van der Waals surface area contributed by atoms with E-state index < -0.39 is 0 Å². The van der Waals surface area contributed by atoms with Gasteiger partial charge in [0.05, 0.1) is 0 Å². The lowest BCUT2D eigenvalue weighted by Gasteiger charge is -2.32. The molecule has 1 aliphatic rings. The van der Waals surface area contributed by atoms with Gasteiger partial charge >= 0.3 is 0 Å². The molecule has 0 spiro atoms. The molecule has 23 heavy (non-hydrogen) atoms. The largest absolute Gasteiger partial charge is 0.342 e. The molecule has 2 aromatic rings. The van der Waals surface area contributed by atoms with Crippen molar-refractivity contribution < 1.29 is 0 Å². The zero-order chi connectivity index (χ0) is 16.1. The molecule has 0 aromatic heterocycles. The first kappa shape index (κ1) is 16.0. The van der Waals surface area contributed by atoms with Gasteiger partial charge in [-0.3, -0.25) is 0 Å². The van der Waals surface area contributed by atoms with Crippen molar-refractivity contribution in [2.75, 3.05) is 5.32 Å². The smallest absolute Gasteiger partial charge is 0.173 e. The van der Waals surface area contributed by atoms with Gasteiger partial charge in [-0.05, 0) is 49.7 Å². The van der Waals surface area contributed by atoms with Gasteiger partial charge in [-0.25, -0.2) is 0 Å². The highest BCUT2D eigenvalue weighted by atomic mass is 32.1. The van der Waals surface area contributed by atoms with Crippen LogP contribution < -0.4 is 5.32 Å². The molecule has 1 saturated carbocycles. The Labute approximate surface area is 144 Å². The molecule has 0 saturated heterocycles. The van der Waals surface area contributed by atoms with Gasteiger partial charge in [-0.1, -0.05) is 60.9 Å². The number of anilines is 1. The summed E-state index contributed by atoms with van der Waals surface area (Å²) in [6.45, 7) is 3.00. The first-order valence-corrected chi connectivity index (χ1v) is 8.81. The van der Waals surface area contributed by atoms with Gasteiger partial charge in [0.1, 0.15) is 0 Å². The predicted molar refractivity (Wildman–Crippen MR) is 102 cm³/mol. The number of nitrogens with zero attached hydrogens (tertiary/aromatic N) is 1. The molecule has 0 heterocycles. The second kappa shape index (κ2) is 7.60. The molecule has 2 aromatic carbocycles. The van der Waals surface area contributed by atoms with Crippen LogP contribution in [0.15, 0.2) is 54.6 Å². The lowest BCUT2D eigenvalue weighted by Crippen LogP contribution is -2.40. The van der Waals surface area contributed by atoms with Gasteiger partial charge in [0.25, 0.3) is 0 Å². The Kier molecular flexibility index (Phi) is 5.29. The molecule has 0 radical (unpaired) electrons. The minimum Gasteiger partial charge on any atom is -0.342 e. The van der Waals surface area contributed by atoms with E-state index in [0.29, 0.717) is 6.04 Å². The third-order valence-electron chi connectivity index (χ3n) is 4.52. The Balaban J connectivity index is 1.74. The molecule has 2 nitrogen and oxygen atoms in total. The van der Waals surface area contributed by atoms with E-state index in [-0.39, 0.29) is 0 Å². The fourth-order valence-electron chi connectivity index (χ4n) is 3.19. The lowest BCUT2D eigenvalue weighted by molar-refractivity contribution is 0.312. The third kappa shape index (κ3) is 4.32. The molecule has 1 N–H and O–H groups in total. The van der Waals surface area contributed by atoms with E-state index in [9.17, 15) is 0 Å². The average molecular weight is 324 g/mol. The SMILES string of the molecule is Cc1ccc(CN(C(=S)Nc2ccccc2)C2CCCC2)cc1. The number of nitrogens with one attached hydrogen (secondary N) is 1. The molecule has 3 rings (SSSR count). The molecular weight excluding hydrogens is 300 g/mol. The van der Waals surface area contributed by atoms with E-state index in [2.05, 4.69) is 53.5 Å². The highest BCUT2D eigenvalue weighted by Crippen LogP contribution is 2.26. The maximum atomic E-state index is 5.73. The van der Waals surface area contributed by atoms with Gasteiger partial charge in [0.2, 0.25) is 0 Å². The maximum absolute atomic E-state index is 5.73. The van der Waals surface area contributed by atoms with E-state index in [0.717, 1.165) is 17.3 Å². The summed E-state index contributed by atoms with van der Waals surface area (Å²) in [6.07, 6.45) is 5.09. The highest BCUT2D eigenvalue weighted by Gasteiger charge is 2.24. The third-order valence-corrected chi connectivity index (χ3v) is 4.86. The van der Waals surface area contributed by atoms with Crippen molar-refractivity contribution in [3.63, 3.8) is 0 Å². The summed E-state index contributed by atoms with van der Waals surface area (Å²) in [6, 6.07) is 19.5. The van der Waals surface area contributed by atoms with Crippen molar-refractivity contribution >= 4 is 23.0 Å². The van der Waals surface area contributed by atoms with Gasteiger partial charge < -0.3 is 10.2 Å². The summed E-state index contributed by atoms with van der Waals surface area (Å²) in [4.78, 5) is 2.38. The summed E-state index contributed by atoms with van der Waals surface area (Å²) >= 11 is 5.73. The summed E-state index contributed by atoms with van der Waals surface area (Å²) in [7, 11) is 0. The molecule has 0 aliphatic heterocycles. The summed E-state index contributed by atoms with van der Waals surface area (Å²) in [5.41, 5.74) is 3.68. The van der Waals surface area contributed by atoms with Crippen LogP contribution in [0.3, 0.4) is 0 Å². The Morgan fingerprint density at radius 3 is 2.35 bits per heavy atom. The zero-order valence-corrected chi connectivity index (χ0v) is 14.5. The minimum atomic E-state index is 0.556. The second-order valence-electron chi connectivity index (χ2n) is 6.35. The lowest BCUT2D eigenvalue weighted by atomic mass is 10.1. The van der Waals surface area contributed by atoms with Gasteiger partial charge in [-0.15, -0.1) is 0 Å². The Morgan fingerprint density at radius 2 is 1.70 bits per heavy atom. The van der Waals surface area contributed by atoms with Crippen LogP contribution in [-0.4, -0.2) is 16.1 Å². The number of para-hydroxylation sites is 1. The number of thiocarbonyl (C=S) groups is 1. The standard InChI is InChI=1S/C20H24N2S/c1-16-11-13-17(14-12-16)15-22(19-9-5-6-10-19)20(23)21-18-7-3-2-4-8-18/h2-4,7-8,11-14,19H,5-6,9-10,15H2,1H3,(H,21,23). The van der Waals surface area contributed by atoms with Crippen LogP contribution in [0.2, 0.25) is 0 Å². The van der Waals surface area contributed by atoms with Crippen LogP contribution in [0.1, 0.15) is 36.8 Å². The number of hydrogen-bond acceptors (Lipinski definition) is 1. The minimum absolute atomic E-state index is 0.556. The molecule has 1 fully saturated rings. The van der Waals surface area contributed by atoms with Crippen LogP contribution >= 0.6 is 12.2 Å². The quantitative estimate of drug-likeness (QED) is 0.784. The van der Waals surface area contributed by atoms with E-state index in [1.54, 1.807) is 0 Å². The predicted octanol–water partition coefficient (Wildman–Crippen LogP) is 5.14. The fraction of sp³-hybridized carbons (Fsp3) is 0.350. The highest BCUT2D eigenvalue weighted by molar-refractivity contribution is 7.80. The maximum Gasteiger partial charge on any atom is 0.173 e. The van der Waals surface area contributed by atoms with Gasteiger partial charge in [0.15, 0.2) is 5.11 Å². The number of rotatable bonds is 4. The molecule has 0 atom stereocenters. The molecule has 0 amide bonds. The monoisotopic (exact) mass is 324 g/mol. The van der Waals surface area contributed by atoms with Crippen LogP contribution in [0.25, 0.3) is 0 Å². The Hall–Kier alpha value is -1.87.